The maximum absolute atomic E-state index is 11.9. The van der Waals surface area contributed by atoms with Gasteiger partial charge in [-0.2, -0.15) is 0 Å². The van der Waals surface area contributed by atoms with Crippen LogP contribution in [0.1, 0.15) is 105 Å². The van der Waals surface area contributed by atoms with Crippen LogP contribution in [0.3, 0.4) is 0 Å². The Balaban J connectivity index is 1.50. The zero-order chi connectivity index (χ0) is 21.7. The van der Waals surface area contributed by atoms with Crippen LogP contribution >= 0.6 is 0 Å². The fourth-order valence-corrected chi connectivity index (χ4v) is 8.84. The van der Waals surface area contributed by atoms with Crippen molar-refractivity contribution in [2.24, 2.45) is 46.3 Å². The topological polar surface area (TPSA) is 26.1 Å². The van der Waals surface area contributed by atoms with E-state index in [4.69, 9.17) is 0 Å². The molecule has 3 fully saturated rings. The van der Waals surface area contributed by atoms with Gasteiger partial charge in [0, 0.05) is 12.5 Å². The summed E-state index contributed by atoms with van der Waals surface area (Å²) in [6.45, 7) is 12.6. The lowest BCUT2D eigenvalue weighted by molar-refractivity contribution is -0.423. The lowest BCUT2D eigenvalue weighted by Crippen LogP contribution is -2.51. The van der Waals surface area contributed by atoms with Gasteiger partial charge in [0.15, 0.2) is 5.71 Å². The first-order valence-electron chi connectivity index (χ1n) is 13.1. The van der Waals surface area contributed by atoms with Gasteiger partial charge in [-0.25, -0.2) is 4.74 Å². The van der Waals surface area contributed by atoms with Gasteiger partial charge in [0.1, 0.15) is 7.05 Å². The van der Waals surface area contributed by atoms with Gasteiger partial charge in [0.2, 0.25) is 0 Å². The zero-order valence-electron chi connectivity index (χ0n) is 20.7. The minimum atomic E-state index is 0.352. The number of allylic oxidation sites excluding steroid dienone is 2. The van der Waals surface area contributed by atoms with Crippen LogP contribution in [-0.4, -0.2) is 17.5 Å². The maximum Gasteiger partial charge on any atom is 0.186 e. The Morgan fingerprint density at radius 1 is 1.00 bits per heavy atom. The van der Waals surface area contributed by atoms with Crippen molar-refractivity contribution in [1.29, 1.82) is 0 Å². The van der Waals surface area contributed by atoms with Gasteiger partial charge in [0.25, 0.3) is 0 Å². The van der Waals surface area contributed by atoms with Gasteiger partial charge >= 0.3 is 0 Å². The molecule has 0 N–H and O–H groups in total. The van der Waals surface area contributed by atoms with E-state index in [1.54, 1.807) is 12.6 Å². The van der Waals surface area contributed by atoms with E-state index < -0.39 is 0 Å². The molecule has 0 aromatic rings. The fraction of sp³-hybridized carbons (Fsp3) is 0.893. The minimum Gasteiger partial charge on any atom is -0.624 e. The number of hydrogen-bond donors (Lipinski definition) is 0. The summed E-state index contributed by atoms with van der Waals surface area (Å²) >= 11 is 0. The summed E-state index contributed by atoms with van der Waals surface area (Å²) in [4.78, 5) is 0. The number of hydrogen-bond acceptors (Lipinski definition) is 1. The highest BCUT2D eigenvalue weighted by atomic mass is 16.5. The third kappa shape index (κ3) is 3.69. The van der Waals surface area contributed by atoms with E-state index >= 15 is 0 Å². The molecular formula is C28H47NO. The van der Waals surface area contributed by atoms with Gasteiger partial charge in [-0.15, -0.1) is 0 Å². The molecule has 0 unspecified atom stereocenters. The zero-order valence-corrected chi connectivity index (χ0v) is 20.7. The third-order valence-corrected chi connectivity index (χ3v) is 10.6. The van der Waals surface area contributed by atoms with Crippen molar-refractivity contribution in [2.75, 3.05) is 7.05 Å². The highest BCUT2D eigenvalue weighted by Crippen LogP contribution is 2.67. The van der Waals surface area contributed by atoms with E-state index in [-0.39, 0.29) is 0 Å². The van der Waals surface area contributed by atoms with Crippen LogP contribution in [0.4, 0.5) is 0 Å². The minimum absolute atomic E-state index is 0.352. The highest BCUT2D eigenvalue weighted by Gasteiger charge is 2.59. The van der Waals surface area contributed by atoms with Crippen LogP contribution in [0.15, 0.2) is 11.6 Å². The van der Waals surface area contributed by atoms with Gasteiger partial charge in [-0.1, -0.05) is 59.5 Å². The van der Waals surface area contributed by atoms with E-state index in [1.165, 1.54) is 64.2 Å². The summed E-state index contributed by atoms with van der Waals surface area (Å²) in [6, 6.07) is 0. The summed E-state index contributed by atoms with van der Waals surface area (Å²) in [6.07, 6.45) is 17.1. The van der Waals surface area contributed by atoms with Crippen LogP contribution in [0.2, 0.25) is 0 Å². The lowest BCUT2D eigenvalue weighted by atomic mass is 9.46. The Morgan fingerprint density at radius 2 is 1.77 bits per heavy atom. The van der Waals surface area contributed by atoms with Crippen LogP contribution in [0.5, 0.6) is 0 Å². The van der Waals surface area contributed by atoms with Crippen molar-refractivity contribution < 1.29 is 4.74 Å². The molecule has 30 heavy (non-hydrogen) atoms. The monoisotopic (exact) mass is 413 g/mol. The summed E-state index contributed by atoms with van der Waals surface area (Å²) in [5, 5.41) is 11.9. The molecule has 7 atom stereocenters. The Morgan fingerprint density at radius 3 is 2.47 bits per heavy atom. The molecule has 2 nitrogen and oxygen atoms in total. The van der Waals surface area contributed by atoms with Crippen LogP contribution in [0.25, 0.3) is 0 Å². The molecule has 0 aromatic heterocycles. The molecule has 4 aliphatic rings. The predicted octanol–water partition coefficient (Wildman–Crippen LogP) is 7.61. The van der Waals surface area contributed by atoms with Gasteiger partial charge in [-0.05, 0) is 91.3 Å². The summed E-state index contributed by atoms with van der Waals surface area (Å²) in [5.74, 6) is 5.40. The molecule has 0 aliphatic heterocycles. The normalized spacial score (nSPS) is 43.5. The Labute approximate surface area is 186 Å². The second kappa shape index (κ2) is 8.28. The number of hydroxylamine groups is 1. The summed E-state index contributed by atoms with van der Waals surface area (Å²) in [7, 11) is 1.67. The first-order chi connectivity index (χ1) is 14.2. The van der Waals surface area contributed by atoms with Crippen molar-refractivity contribution in [1.82, 2.24) is 0 Å². The van der Waals surface area contributed by atoms with Crippen molar-refractivity contribution in [2.45, 2.75) is 105 Å². The van der Waals surface area contributed by atoms with Crippen molar-refractivity contribution in [3.05, 3.63) is 16.9 Å². The molecule has 0 aromatic carbocycles. The molecule has 0 heterocycles. The highest BCUT2D eigenvalue weighted by molar-refractivity contribution is 5.92. The average Bonchev–Trinajstić information content (AvgIpc) is 3.04. The molecule has 3 saturated carbocycles. The Hall–Kier alpha value is -0.790. The van der Waals surface area contributed by atoms with Crippen LogP contribution < -0.4 is 0 Å². The third-order valence-electron chi connectivity index (χ3n) is 10.6. The number of fused-ring (bicyclic) bond motifs is 5. The van der Waals surface area contributed by atoms with E-state index in [0.717, 1.165) is 52.4 Å². The van der Waals surface area contributed by atoms with E-state index in [0.29, 0.717) is 10.8 Å². The molecule has 2 heteroatoms. The second-order valence-corrected chi connectivity index (χ2v) is 12.5. The Kier molecular flexibility index (Phi) is 6.19. The molecule has 0 spiro atoms. The number of rotatable bonds is 5. The first kappa shape index (κ1) is 22.4. The van der Waals surface area contributed by atoms with Crippen molar-refractivity contribution >= 4 is 5.71 Å². The lowest BCUT2D eigenvalue weighted by Gasteiger charge is -2.58. The fourth-order valence-electron chi connectivity index (χ4n) is 8.84. The molecule has 0 amide bonds. The SMILES string of the molecule is CC(C)CCC[C@@H](C)[C@H]1CC[C@H]2[C@@H]3CCC4=CC(=[N+](C)[O-])CC[C@]4(C)[C@H]3CC[C@]12C. The largest absolute Gasteiger partial charge is 0.624 e. The standard InChI is InChI=1S/C28H47NO/c1-19(2)8-7-9-20(3)24-12-13-25-23-11-10-21-18-22(29(6)30)14-16-27(21,4)26(23)15-17-28(24,25)5/h18-20,23-26H,7-17H2,1-6H3/t20-,23+,24-,25+,26+,27+,28-/m1/s1. The average molecular weight is 414 g/mol. The van der Waals surface area contributed by atoms with E-state index in [2.05, 4.69) is 40.7 Å². The molecular weight excluding hydrogens is 366 g/mol. The van der Waals surface area contributed by atoms with Crippen LogP contribution in [0, 0.1) is 51.5 Å². The van der Waals surface area contributed by atoms with Gasteiger partial charge in [0.05, 0.1) is 0 Å². The second-order valence-electron chi connectivity index (χ2n) is 12.5. The van der Waals surface area contributed by atoms with E-state index in [9.17, 15) is 5.21 Å². The van der Waals surface area contributed by atoms with E-state index in [1.807, 2.05) is 0 Å². The van der Waals surface area contributed by atoms with Gasteiger partial charge in [-0.3, -0.25) is 0 Å². The molecule has 0 bridgehead atoms. The summed E-state index contributed by atoms with van der Waals surface area (Å²) < 4.78 is 1.11. The molecule has 4 aliphatic carbocycles. The first-order valence-corrected chi connectivity index (χ1v) is 13.1. The molecule has 0 saturated heterocycles. The maximum atomic E-state index is 11.9. The summed E-state index contributed by atoms with van der Waals surface area (Å²) in [5.41, 5.74) is 3.55. The van der Waals surface area contributed by atoms with Crippen LogP contribution in [-0.2, 0) is 0 Å². The molecule has 4 rings (SSSR count). The molecule has 0 radical (unpaired) electrons. The quantitative estimate of drug-likeness (QED) is 0.259. The molecule has 170 valence electrons. The Bertz CT molecular complexity index is 701. The number of nitrogens with zero attached hydrogens (tertiary/aromatic N) is 1. The smallest absolute Gasteiger partial charge is 0.186 e. The van der Waals surface area contributed by atoms with Crippen molar-refractivity contribution in [3.8, 4) is 0 Å². The van der Waals surface area contributed by atoms with Crippen molar-refractivity contribution in [3.63, 3.8) is 0 Å². The predicted molar refractivity (Wildman–Crippen MR) is 128 cm³/mol. The van der Waals surface area contributed by atoms with Gasteiger partial charge < -0.3 is 5.21 Å².